The molecular weight excluding hydrogens is 330 g/mol. The highest BCUT2D eigenvalue weighted by Crippen LogP contribution is 2.31. The van der Waals surface area contributed by atoms with Crippen LogP contribution in [0, 0.1) is 26.1 Å². The molecule has 1 aromatic rings. The third-order valence-corrected chi connectivity index (χ3v) is 3.90. The lowest BCUT2D eigenvalue weighted by molar-refractivity contribution is -0.525. The van der Waals surface area contributed by atoms with Crippen molar-refractivity contribution < 1.29 is 9.96 Å². The summed E-state index contributed by atoms with van der Waals surface area (Å²) in [6, 6.07) is 4.75. The number of hydrazine groups is 1. The number of nitrogens with one attached hydrogen (secondary N) is 1. The molecule has 1 aromatic carbocycles. The second-order valence-corrected chi connectivity index (χ2v) is 5.77. The van der Waals surface area contributed by atoms with E-state index in [4.69, 9.17) is 5.73 Å². The maximum absolute atomic E-state index is 11.4. The van der Waals surface area contributed by atoms with Crippen molar-refractivity contribution in [2.24, 2.45) is 21.9 Å². The van der Waals surface area contributed by atoms with Crippen LogP contribution in [-0.4, -0.2) is 35.2 Å². The quantitative estimate of drug-likeness (QED) is 0.351. The molecule has 1 fully saturated rings. The van der Waals surface area contributed by atoms with E-state index in [9.17, 15) is 20.2 Å². The molecule has 2 rings (SSSR count). The van der Waals surface area contributed by atoms with E-state index in [-0.39, 0.29) is 5.69 Å². The summed E-state index contributed by atoms with van der Waals surface area (Å²) in [5, 5.41) is 27.7. The molecule has 1 aliphatic rings. The molecule has 3 N–H and O–H groups in total. The van der Waals surface area contributed by atoms with Crippen molar-refractivity contribution in [2.75, 3.05) is 18.0 Å². The Bertz CT molecular complexity index is 711. The van der Waals surface area contributed by atoms with Gasteiger partial charge in [-0.15, -0.1) is 5.10 Å². The van der Waals surface area contributed by atoms with E-state index in [2.05, 4.69) is 17.1 Å². The molecule has 1 saturated heterocycles. The van der Waals surface area contributed by atoms with Crippen LogP contribution in [0.5, 0.6) is 0 Å². The number of piperidine rings is 1. The van der Waals surface area contributed by atoms with Crippen LogP contribution in [0.2, 0.25) is 0 Å². The molecule has 1 aliphatic heterocycles. The number of guanidine groups is 1. The molecule has 1 heterocycles. The number of hydrogen-bond acceptors (Lipinski definition) is 7. The summed E-state index contributed by atoms with van der Waals surface area (Å²) >= 11 is 0. The van der Waals surface area contributed by atoms with Crippen molar-refractivity contribution in [1.82, 2.24) is 5.43 Å². The van der Waals surface area contributed by atoms with Crippen LogP contribution in [0.4, 0.5) is 11.4 Å². The van der Waals surface area contributed by atoms with E-state index in [1.807, 2.05) is 4.90 Å². The van der Waals surface area contributed by atoms with Gasteiger partial charge in [-0.25, -0.2) is 10.1 Å². The smallest absolute Gasteiger partial charge is 0.293 e. The van der Waals surface area contributed by atoms with E-state index in [0.717, 1.165) is 25.9 Å². The molecule has 0 spiro atoms. The number of anilines is 1. The number of nitrogens with zero attached hydrogens (tertiary/aromatic N) is 5. The van der Waals surface area contributed by atoms with E-state index in [1.165, 1.54) is 12.3 Å². The number of nitro benzene ring substituents is 1. The summed E-state index contributed by atoms with van der Waals surface area (Å²) in [5.41, 5.74) is 7.86. The Balaban J connectivity index is 2.18. The number of hydrogen-bond donors (Lipinski definition) is 2. The second-order valence-electron chi connectivity index (χ2n) is 5.77. The fourth-order valence-electron chi connectivity index (χ4n) is 2.56. The normalized spacial score (nSPS) is 16.2. The number of benzene rings is 1. The molecule has 0 saturated carbocycles. The van der Waals surface area contributed by atoms with Crippen LogP contribution < -0.4 is 16.1 Å². The number of rotatable bonds is 5. The third-order valence-electron chi connectivity index (χ3n) is 3.90. The van der Waals surface area contributed by atoms with E-state index < -0.39 is 15.9 Å². The van der Waals surface area contributed by atoms with Crippen molar-refractivity contribution in [3.63, 3.8) is 0 Å². The maximum Gasteiger partial charge on any atom is 0.293 e. The first-order valence-electron chi connectivity index (χ1n) is 7.67. The van der Waals surface area contributed by atoms with E-state index >= 15 is 0 Å². The van der Waals surface area contributed by atoms with Gasteiger partial charge < -0.3 is 10.6 Å². The Morgan fingerprint density at radius 2 is 2.04 bits per heavy atom. The number of nitrogens with two attached hydrogens (primary N) is 1. The Hall–Kier alpha value is -3.24. The van der Waals surface area contributed by atoms with Gasteiger partial charge in [-0.1, -0.05) is 18.4 Å². The van der Waals surface area contributed by atoms with Crippen molar-refractivity contribution in [3.05, 3.63) is 44.0 Å². The van der Waals surface area contributed by atoms with Gasteiger partial charge in [0.1, 0.15) is 5.69 Å². The Morgan fingerprint density at radius 1 is 1.36 bits per heavy atom. The van der Waals surface area contributed by atoms with E-state index in [1.54, 1.807) is 17.6 Å². The molecular formula is C14H19N7O4. The van der Waals surface area contributed by atoms with Crippen LogP contribution in [-0.2, 0) is 0 Å². The average molecular weight is 349 g/mol. The van der Waals surface area contributed by atoms with Gasteiger partial charge >= 0.3 is 0 Å². The lowest BCUT2D eigenvalue weighted by Crippen LogP contribution is -2.35. The summed E-state index contributed by atoms with van der Waals surface area (Å²) in [6.07, 6.45) is 3.24. The highest BCUT2D eigenvalue weighted by atomic mass is 16.7. The fourth-order valence-corrected chi connectivity index (χ4v) is 2.56. The summed E-state index contributed by atoms with van der Waals surface area (Å²) in [7, 11) is 0. The van der Waals surface area contributed by atoms with Crippen LogP contribution in [0.1, 0.15) is 25.3 Å². The topological polar surface area (TPSA) is 152 Å². The van der Waals surface area contributed by atoms with E-state index in [0.29, 0.717) is 17.2 Å². The minimum atomic E-state index is -0.868. The SMILES string of the molecule is CC1CCN(c2ccc(/C=N/N=C(/N)N[N+](=O)[O-])cc2[N+](=O)[O-])CC1. The monoisotopic (exact) mass is 349 g/mol. The molecule has 0 radical (unpaired) electrons. The summed E-state index contributed by atoms with van der Waals surface area (Å²) in [5.74, 6) is 0.132. The molecule has 0 aliphatic carbocycles. The fraction of sp³-hybridized carbons (Fsp3) is 0.429. The van der Waals surface area contributed by atoms with Gasteiger partial charge in [0.25, 0.3) is 11.6 Å². The molecule has 11 nitrogen and oxygen atoms in total. The van der Waals surface area contributed by atoms with Gasteiger partial charge in [-0.05, 0) is 24.8 Å². The van der Waals surface area contributed by atoms with Crippen molar-refractivity contribution in [1.29, 1.82) is 0 Å². The van der Waals surface area contributed by atoms with Crippen LogP contribution in [0.3, 0.4) is 0 Å². The lowest BCUT2D eigenvalue weighted by atomic mass is 9.98. The minimum absolute atomic E-state index is 0.0149. The minimum Gasteiger partial charge on any atom is -0.366 e. The molecule has 11 heteroatoms. The zero-order chi connectivity index (χ0) is 18.4. The highest BCUT2D eigenvalue weighted by Gasteiger charge is 2.23. The predicted octanol–water partition coefficient (Wildman–Crippen LogP) is 1.26. The van der Waals surface area contributed by atoms with Crippen molar-refractivity contribution in [2.45, 2.75) is 19.8 Å². The first-order valence-corrected chi connectivity index (χ1v) is 7.67. The van der Waals surface area contributed by atoms with Gasteiger partial charge in [-0.3, -0.25) is 10.1 Å². The number of nitro groups is 2. The summed E-state index contributed by atoms with van der Waals surface area (Å²) in [6.45, 7) is 3.73. The molecule has 0 aromatic heterocycles. The van der Waals surface area contributed by atoms with Gasteiger partial charge in [0.15, 0.2) is 5.03 Å². The van der Waals surface area contributed by atoms with Gasteiger partial charge in [0, 0.05) is 24.7 Å². The van der Waals surface area contributed by atoms with Crippen LogP contribution in [0.25, 0.3) is 0 Å². The zero-order valence-electron chi connectivity index (χ0n) is 13.7. The lowest BCUT2D eigenvalue weighted by Gasteiger charge is -2.31. The molecule has 0 unspecified atom stereocenters. The molecule has 25 heavy (non-hydrogen) atoms. The predicted molar refractivity (Wildman–Crippen MR) is 93.1 cm³/mol. The zero-order valence-corrected chi connectivity index (χ0v) is 13.7. The first-order chi connectivity index (χ1) is 11.9. The summed E-state index contributed by atoms with van der Waals surface area (Å²) in [4.78, 5) is 23.1. The first kappa shape index (κ1) is 18.1. The van der Waals surface area contributed by atoms with Crippen molar-refractivity contribution in [3.8, 4) is 0 Å². The molecule has 0 bridgehead atoms. The molecule has 0 amide bonds. The summed E-state index contributed by atoms with van der Waals surface area (Å²) < 4.78 is 0. The average Bonchev–Trinajstić information content (AvgIpc) is 2.55. The highest BCUT2D eigenvalue weighted by molar-refractivity contribution is 5.84. The Kier molecular flexibility index (Phi) is 5.82. The third kappa shape index (κ3) is 5.12. The van der Waals surface area contributed by atoms with Crippen LogP contribution >= 0.6 is 0 Å². The maximum atomic E-state index is 11.4. The standard InChI is InChI=1S/C14H19N7O4/c1-10-4-6-19(7-5-10)12-3-2-11(8-13(12)20(22)23)9-16-17-14(15)18-21(24)25/h2-3,8-10H,4-7H2,1H3,(H3,15,17,18)/b16-9+. The Labute approximate surface area is 143 Å². The van der Waals surface area contributed by atoms with Gasteiger partial charge in [0.05, 0.1) is 11.1 Å². The van der Waals surface area contributed by atoms with Gasteiger partial charge in [0.2, 0.25) is 0 Å². The van der Waals surface area contributed by atoms with Crippen LogP contribution in [0.15, 0.2) is 28.4 Å². The van der Waals surface area contributed by atoms with Crippen molar-refractivity contribution >= 4 is 23.5 Å². The Morgan fingerprint density at radius 3 is 2.64 bits per heavy atom. The molecule has 134 valence electrons. The second kappa shape index (κ2) is 8.04. The molecule has 0 atom stereocenters. The largest absolute Gasteiger partial charge is 0.366 e. The van der Waals surface area contributed by atoms with Gasteiger partial charge in [-0.2, -0.15) is 5.10 Å².